The Labute approximate surface area is 166 Å². The molecule has 2 atom stereocenters. The summed E-state index contributed by atoms with van der Waals surface area (Å²) >= 11 is 0. The van der Waals surface area contributed by atoms with E-state index in [-0.39, 0.29) is 34.7 Å². The zero-order valence-corrected chi connectivity index (χ0v) is 17.1. The van der Waals surface area contributed by atoms with E-state index < -0.39 is 0 Å². The summed E-state index contributed by atoms with van der Waals surface area (Å²) in [7, 11) is 0. The third-order valence-corrected chi connectivity index (χ3v) is 5.47. The summed E-state index contributed by atoms with van der Waals surface area (Å²) in [6.45, 7) is 9.94. The molecule has 0 aromatic heterocycles. The zero-order valence-electron chi connectivity index (χ0n) is 17.1. The molecule has 2 unspecified atom stereocenters. The second-order valence-electron chi connectivity index (χ2n) is 8.65. The van der Waals surface area contributed by atoms with E-state index in [2.05, 4.69) is 55.6 Å². The minimum absolute atomic E-state index is 0.0289. The van der Waals surface area contributed by atoms with Gasteiger partial charge in [-0.3, -0.25) is 4.79 Å². The number of carbonyl (C=O) groups excluding carboxylic acids is 1. The molecule has 148 valence electrons. The zero-order chi connectivity index (χ0) is 20.6. The molecule has 0 spiro atoms. The van der Waals surface area contributed by atoms with Gasteiger partial charge in [0.15, 0.2) is 0 Å². The molecule has 3 rings (SSSR count). The minimum Gasteiger partial charge on any atom is -0.508 e. The molecule has 1 aliphatic rings. The van der Waals surface area contributed by atoms with Gasteiger partial charge in [-0.2, -0.15) is 5.10 Å². The van der Waals surface area contributed by atoms with Gasteiger partial charge in [-0.1, -0.05) is 45.0 Å². The van der Waals surface area contributed by atoms with Crippen molar-refractivity contribution in [3.63, 3.8) is 0 Å². The molecule has 1 aliphatic carbocycles. The van der Waals surface area contributed by atoms with Crippen molar-refractivity contribution >= 4 is 12.1 Å². The lowest BCUT2D eigenvalue weighted by Crippen LogP contribution is -2.20. The maximum Gasteiger partial charge on any atom is 0.243 e. The first-order valence-electron chi connectivity index (χ1n) is 9.55. The van der Waals surface area contributed by atoms with Crippen LogP contribution in [0.15, 0.2) is 35.4 Å². The second-order valence-corrected chi connectivity index (χ2v) is 8.65. The van der Waals surface area contributed by atoms with Gasteiger partial charge in [0.1, 0.15) is 11.5 Å². The Morgan fingerprint density at radius 2 is 1.82 bits per heavy atom. The number of rotatable bonds is 4. The lowest BCUT2D eigenvalue weighted by molar-refractivity contribution is -0.122. The van der Waals surface area contributed by atoms with E-state index >= 15 is 0 Å². The molecule has 3 N–H and O–H groups in total. The smallest absolute Gasteiger partial charge is 0.243 e. The van der Waals surface area contributed by atoms with Crippen molar-refractivity contribution in [2.45, 2.75) is 52.4 Å². The Balaban J connectivity index is 1.62. The molecule has 0 aliphatic heterocycles. The van der Waals surface area contributed by atoms with Gasteiger partial charge in [-0.05, 0) is 54.4 Å². The van der Waals surface area contributed by atoms with Crippen molar-refractivity contribution in [3.8, 4) is 11.5 Å². The fourth-order valence-electron chi connectivity index (χ4n) is 3.39. The fraction of sp³-hybridized carbons (Fsp3) is 0.391. The van der Waals surface area contributed by atoms with Crippen LogP contribution in [-0.4, -0.2) is 22.3 Å². The van der Waals surface area contributed by atoms with Gasteiger partial charge < -0.3 is 10.2 Å². The van der Waals surface area contributed by atoms with Crippen LogP contribution in [-0.2, 0) is 10.2 Å². The lowest BCUT2D eigenvalue weighted by atomic mass is 9.86. The highest BCUT2D eigenvalue weighted by Crippen LogP contribution is 2.47. The number of hydrogen-bond donors (Lipinski definition) is 3. The van der Waals surface area contributed by atoms with E-state index in [1.807, 2.05) is 0 Å². The first-order chi connectivity index (χ1) is 13.1. The molecule has 5 heteroatoms. The summed E-state index contributed by atoms with van der Waals surface area (Å²) in [5, 5.41) is 23.9. The number of phenols is 2. The third kappa shape index (κ3) is 4.03. The van der Waals surface area contributed by atoms with Crippen LogP contribution >= 0.6 is 0 Å². The number of hydrogen-bond acceptors (Lipinski definition) is 4. The molecule has 1 amide bonds. The number of nitrogens with one attached hydrogen (secondary N) is 1. The Kier molecular flexibility index (Phi) is 5.20. The van der Waals surface area contributed by atoms with E-state index in [0.29, 0.717) is 16.7 Å². The van der Waals surface area contributed by atoms with Crippen molar-refractivity contribution in [2.75, 3.05) is 0 Å². The van der Waals surface area contributed by atoms with Crippen molar-refractivity contribution in [3.05, 3.63) is 58.1 Å². The summed E-state index contributed by atoms with van der Waals surface area (Å²) in [5.41, 5.74) is 6.71. The topological polar surface area (TPSA) is 81.9 Å². The Morgan fingerprint density at radius 3 is 2.43 bits per heavy atom. The van der Waals surface area contributed by atoms with E-state index in [0.717, 1.165) is 6.42 Å². The van der Waals surface area contributed by atoms with Crippen molar-refractivity contribution < 1.29 is 15.0 Å². The first-order valence-corrected chi connectivity index (χ1v) is 9.55. The average Bonchev–Trinajstić information content (AvgIpc) is 3.43. The van der Waals surface area contributed by atoms with E-state index in [1.165, 1.54) is 17.3 Å². The Morgan fingerprint density at radius 1 is 1.18 bits per heavy atom. The summed E-state index contributed by atoms with van der Waals surface area (Å²) in [6, 6.07) is 10.1. The highest BCUT2D eigenvalue weighted by atomic mass is 16.3. The highest BCUT2D eigenvalue weighted by Gasteiger charge is 2.44. The van der Waals surface area contributed by atoms with Crippen LogP contribution in [0.25, 0.3) is 0 Å². The van der Waals surface area contributed by atoms with Crippen LogP contribution in [0.3, 0.4) is 0 Å². The molecule has 0 saturated heterocycles. The Bertz CT molecular complexity index is 924. The van der Waals surface area contributed by atoms with Crippen molar-refractivity contribution in [1.29, 1.82) is 0 Å². The van der Waals surface area contributed by atoms with Crippen molar-refractivity contribution in [1.82, 2.24) is 5.43 Å². The molecule has 5 nitrogen and oxygen atoms in total. The standard InChI is InChI=1S/C23H28N2O3/c1-13-10-20(26)14(2)21(27)19(13)12-24-25-22(28)18-11-17(18)15-6-8-16(9-7-15)23(3,4)5/h6-10,12,17-18,26-27H,11H2,1-5H3,(H,25,28). The first kappa shape index (κ1) is 19.9. The molecular formula is C23H28N2O3. The average molecular weight is 380 g/mol. The SMILES string of the molecule is Cc1cc(O)c(C)c(O)c1C=NNC(=O)C1CC1c1ccc(C(C)(C)C)cc1. The molecule has 0 bridgehead atoms. The monoisotopic (exact) mass is 380 g/mol. The molecular weight excluding hydrogens is 352 g/mol. The quantitative estimate of drug-likeness (QED) is 0.547. The normalized spacial score (nSPS) is 19.0. The number of benzene rings is 2. The number of nitrogens with zero attached hydrogens (tertiary/aromatic N) is 1. The van der Waals surface area contributed by atoms with Gasteiger partial charge in [0.25, 0.3) is 0 Å². The van der Waals surface area contributed by atoms with Gasteiger partial charge in [0.2, 0.25) is 5.91 Å². The summed E-state index contributed by atoms with van der Waals surface area (Å²) in [4.78, 5) is 12.4. The maximum atomic E-state index is 12.4. The maximum absolute atomic E-state index is 12.4. The van der Waals surface area contributed by atoms with E-state index in [9.17, 15) is 15.0 Å². The molecule has 0 heterocycles. The van der Waals surface area contributed by atoms with Crippen LogP contribution in [0.1, 0.15) is 60.9 Å². The lowest BCUT2D eigenvalue weighted by Gasteiger charge is -2.19. The molecule has 2 aromatic carbocycles. The van der Waals surface area contributed by atoms with E-state index in [1.54, 1.807) is 19.9 Å². The number of aryl methyl sites for hydroxylation is 1. The second kappa shape index (κ2) is 7.30. The number of aromatic hydroxyl groups is 2. The van der Waals surface area contributed by atoms with Crippen LogP contribution in [0.5, 0.6) is 11.5 Å². The number of phenolic OH excluding ortho intramolecular Hbond substituents is 2. The van der Waals surface area contributed by atoms with Gasteiger partial charge >= 0.3 is 0 Å². The van der Waals surface area contributed by atoms with Crippen LogP contribution in [0, 0.1) is 19.8 Å². The fourth-order valence-corrected chi connectivity index (χ4v) is 3.39. The third-order valence-electron chi connectivity index (χ3n) is 5.47. The van der Waals surface area contributed by atoms with Gasteiger partial charge in [-0.25, -0.2) is 5.43 Å². The number of hydrazone groups is 1. The van der Waals surface area contributed by atoms with Crippen molar-refractivity contribution in [2.24, 2.45) is 11.0 Å². The molecule has 2 aromatic rings. The van der Waals surface area contributed by atoms with Gasteiger partial charge in [0.05, 0.1) is 6.21 Å². The number of amides is 1. The Hall–Kier alpha value is -2.82. The summed E-state index contributed by atoms with van der Waals surface area (Å²) in [6.07, 6.45) is 2.24. The summed E-state index contributed by atoms with van der Waals surface area (Å²) in [5.74, 6) is 0.0474. The summed E-state index contributed by atoms with van der Waals surface area (Å²) < 4.78 is 0. The predicted molar refractivity (Wildman–Crippen MR) is 111 cm³/mol. The molecule has 0 radical (unpaired) electrons. The van der Waals surface area contributed by atoms with Crippen LogP contribution < -0.4 is 5.43 Å². The predicted octanol–water partition coefficient (Wildman–Crippen LogP) is 4.27. The van der Waals surface area contributed by atoms with Crippen LogP contribution in [0.4, 0.5) is 0 Å². The van der Waals surface area contributed by atoms with Gasteiger partial charge in [-0.15, -0.1) is 0 Å². The minimum atomic E-state index is -0.117. The largest absolute Gasteiger partial charge is 0.508 e. The molecule has 28 heavy (non-hydrogen) atoms. The van der Waals surface area contributed by atoms with E-state index in [4.69, 9.17) is 0 Å². The molecule has 1 fully saturated rings. The number of carbonyl (C=O) groups is 1. The highest BCUT2D eigenvalue weighted by molar-refractivity contribution is 5.89. The van der Waals surface area contributed by atoms with Gasteiger partial charge in [0, 0.05) is 17.0 Å². The molecule has 1 saturated carbocycles. The van der Waals surface area contributed by atoms with Crippen LogP contribution in [0.2, 0.25) is 0 Å².